The average Bonchev–Trinajstić information content (AvgIpc) is 2.61. The second-order valence-electron chi connectivity index (χ2n) is 5.80. The second-order valence-corrected chi connectivity index (χ2v) is 6.19. The summed E-state index contributed by atoms with van der Waals surface area (Å²) < 4.78 is 5.20. The molecule has 5 nitrogen and oxygen atoms in total. The van der Waals surface area contributed by atoms with Crippen LogP contribution in [0.3, 0.4) is 0 Å². The predicted molar refractivity (Wildman–Crippen MR) is 97.9 cm³/mol. The monoisotopic (exact) mass is 360 g/mol. The van der Waals surface area contributed by atoms with E-state index in [2.05, 4.69) is 24.1 Å². The third-order valence-corrected chi connectivity index (χ3v) is 4.20. The molecular formula is C19H21ClN2O3. The highest BCUT2D eigenvalue weighted by atomic mass is 35.5. The quantitative estimate of drug-likeness (QED) is 0.611. The lowest BCUT2D eigenvalue weighted by Crippen LogP contribution is -2.30. The Labute approximate surface area is 152 Å². The van der Waals surface area contributed by atoms with Gasteiger partial charge in [-0.15, -0.1) is 0 Å². The minimum absolute atomic E-state index is 0.240. The van der Waals surface area contributed by atoms with Gasteiger partial charge in [0.15, 0.2) is 6.10 Å². The molecule has 1 N–H and O–H groups in total. The van der Waals surface area contributed by atoms with Crippen LogP contribution in [0.25, 0.3) is 0 Å². The minimum atomic E-state index is -0.937. The summed E-state index contributed by atoms with van der Waals surface area (Å²) in [5.41, 5.74) is 2.03. The molecule has 0 saturated heterocycles. The van der Waals surface area contributed by atoms with Crippen LogP contribution in [0.1, 0.15) is 49.0 Å². The SMILES string of the molecule is CC[C@H](C)c1ccccc1NC(=O)[C@H](C)OC(=O)c1ccc(Cl)nc1. The number of ether oxygens (including phenoxy) is 1. The fourth-order valence-corrected chi connectivity index (χ4v) is 2.39. The Kier molecular flexibility index (Phi) is 6.53. The Morgan fingerprint density at radius 1 is 1.20 bits per heavy atom. The van der Waals surface area contributed by atoms with Crippen molar-refractivity contribution in [1.29, 1.82) is 0 Å². The van der Waals surface area contributed by atoms with Crippen molar-refractivity contribution in [2.45, 2.75) is 39.2 Å². The maximum absolute atomic E-state index is 12.4. The van der Waals surface area contributed by atoms with Gasteiger partial charge in [0.1, 0.15) is 5.15 Å². The number of hydrogen-bond donors (Lipinski definition) is 1. The molecule has 132 valence electrons. The number of benzene rings is 1. The zero-order valence-corrected chi connectivity index (χ0v) is 15.2. The molecule has 0 fully saturated rings. The number of aromatic nitrogens is 1. The predicted octanol–water partition coefficient (Wildman–Crippen LogP) is 4.43. The van der Waals surface area contributed by atoms with E-state index in [1.807, 2.05) is 24.3 Å². The normalized spacial score (nSPS) is 13.0. The second kappa shape index (κ2) is 8.62. The molecular weight excluding hydrogens is 340 g/mol. The number of esters is 1. The summed E-state index contributed by atoms with van der Waals surface area (Å²) in [5, 5.41) is 3.12. The number of nitrogens with zero attached hydrogens (tertiary/aromatic N) is 1. The molecule has 6 heteroatoms. The van der Waals surface area contributed by atoms with Crippen LogP contribution >= 0.6 is 11.6 Å². The molecule has 1 aromatic carbocycles. The van der Waals surface area contributed by atoms with E-state index in [4.69, 9.17) is 16.3 Å². The molecule has 0 aliphatic rings. The van der Waals surface area contributed by atoms with Gasteiger partial charge in [-0.2, -0.15) is 0 Å². The van der Waals surface area contributed by atoms with E-state index in [1.165, 1.54) is 25.3 Å². The number of nitrogens with one attached hydrogen (secondary N) is 1. The van der Waals surface area contributed by atoms with Crippen LogP contribution in [0.5, 0.6) is 0 Å². The molecule has 1 heterocycles. The van der Waals surface area contributed by atoms with Crippen molar-refractivity contribution in [3.05, 3.63) is 58.9 Å². The highest BCUT2D eigenvalue weighted by molar-refractivity contribution is 6.29. The lowest BCUT2D eigenvalue weighted by atomic mass is 9.97. The molecule has 2 aromatic rings. The molecule has 1 aromatic heterocycles. The first kappa shape index (κ1) is 18.9. The van der Waals surface area contributed by atoms with E-state index in [0.29, 0.717) is 5.92 Å². The van der Waals surface area contributed by atoms with Gasteiger partial charge in [-0.05, 0) is 43.0 Å². The molecule has 0 aliphatic heterocycles. The lowest BCUT2D eigenvalue weighted by Gasteiger charge is -2.18. The van der Waals surface area contributed by atoms with E-state index in [-0.39, 0.29) is 16.6 Å². The Morgan fingerprint density at radius 2 is 1.92 bits per heavy atom. The zero-order valence-electron chi connectivity index (χ0n) is 14.5. The van der Waals surface area contributed by atoms with Gasteiger partial charge in [-0.3, -0.25) is 4.79 Å². The first-order valence-corrected chi connectivity index (χ1v) is 8.52. The summed E-state index contributed by atoms with van der Waals surface area (Å²) in [4.78, 5) is 28.3. The zero-order chi connectivity index (χ0) is 18.4. The topological polar surface area (TPSA) is 68.3 Å². The summed E-state index contributed by atoms with van der Waals surface area (Å²) in [7, 11) is 0. The fraction of sp³-hybridized carbons (Fsp3) is 0.316. The van der Waals surface area contributed by atoms with Gasteiger partial charge in [0.05, 0.1) is 5.56 Å². The Bertz CT molecular complexity index is 747. The number of hydrogen-bond acceptors (Lipinski definition) is 4. The summed E-state index contributed by atoms with van der Waals surface area (Å²) in [6.45, 7) is 5.72. The number of amides is 1. The van der Waals surface area contributed by atoms with Crippen molar-refractivity contribution in [2.75, 3.05) is 5.32 Å². The fourth-order valence-electron chi connectivity index (χ4n) is 2.27. The highest BCUT2D eigenvalue weighted by Crippen LogP contribution is 2.26. The third kappa shape index (κ3) is 5.03. The van der Waals surface area contributed by atoms with Crippen molar-refractivity contribution in [1.82, 2.24) is 4.98 Å². The van der Waals surface area contributed by atoms with Crippen LogP contribution in [0.4, 0.5) is 5.69 Å². The number of carbonyl (C=O) groups excluding carboxylic acids is 2. The average molecular weight is 361 g/mol. The molecule has 0 unspecified atom stereocenters. The van der Waals surface area contributed by atoms with Crippen LogP contribution in [0.2, 0.25) is 5.15 Å². The molecule has 0 bridgehead atoms. The maximum atomic E-state index is 12.4. The number of para-hydroxylation sites is 1. The van der Waals surface area contributed by atoms with Crippen molar-refractivity contribution in [2.24, 2.45) is 0 Å². The Balaban J connectivity index is 2.03. The van der Waals surface area contributed by atoms with E-state index >= 15 is 0 Å². The van der Waals surface area contributed by atoms with E-state index < -0.39 is 12.1 Å². The Morgan fingerprint density at radius 3 is 2.56 bits per heavy atom. The third-order valence-electron chi connectivity index (χ3n) is 3.98. The first-order valence-electron chi connectivity index (χ1n) is 8.14. The molecule has 1 amide bonds. The summed E-state index contributed by atoms with van der Waals surface area (Å²) >= 11 is 5.69. The van der Waals surface area contributed by atoms with Crippen LogP contribution in [-0.4, -0.2) is 23.0 Å². The molecule has 0 radical (unpaired) electrons. The molecule has 0 aliphatic carbocycles. The molecule has 0 spiro atoms. The number of carbonyl (C=O) groups is 2. The van der Waals surface area contributed by atoms with Crippen molar-refractivity contribution >= 4 is 29.2 Å². The van der Waals surface area contributed by atoms with Gasteiger partial charge in [0.2, 0.25) is 0 Å². The van der Waals surface area contributed by atoms with Crippen LogP contribution in [0, 0.1) is 0 Å². The number of anilines is 1. The summed E-state index contributed by atoms with van der Waals surface area (Å²) in [6.07, 6.45) is 1.34. The van der Waals surface area contributed by atoms with Crippen LogP contribution in [0.15, 0.2) is 42.6 Å². The van der Waals surface area contributed by atoms with Gasteiger partial charge < -0.3 is 10.1 Å². The number of rotatable bonds is 6. The standard InChI is InChI=1S/C19H21ClN2O3/c1-4-12(2)15-7-5-6-8-16(15)22-18(23)13(3)25-19(24)14-9-10-17(20)21-11-14/h5-13H,4H2,1-3H3,(H,22,23)/t12-,13-/m0/s1. The van der Waals surface area contributed by atoms with Gasteiger partial charge in [0, 0.05) is 11.9 Å². The van der Waals surface area contributed by atoms with Crippen LogP contribution in [-0.2, 0) is 9.53 Å². The summed E-state index contributed by atoms with van der Waals surface area (Å²) in [5.74, 6) is -0.692. The summed E-state index contributed by atoms with van der Waals surface area (Å²) in [6, 6.07) is 10.6. The van der Waals surface area contributed by atoms with Crippen molar-refractivity contribution in [3.63, 3.8) is 0 Å². The van der Waals surface area contributed by atoms with Gasteiger partial charge in [-0.25, -0.2) is 9.78 Å². The van der Waals surface area contributed by atoms with Crippen LogP contribution < -0.4 is 5.32 Å². The number of halogens is 1. The molecule has 25 heavy (non-hydrogen) atoms. The van der Waals surface area contributed by atoms with Crippen molar-refractivity contribution < 1.29 is 14.3 Å². The molecule has 2 atom stereocenters. The lowest BCUT2D eigenvalue weighted by molar-refractivity contribution is -0.123. The Hall–Kier alpha value is -2.40. The van der Waals surface area contributed by atoms with E-state index in [9.17, 15) is 9.59 Å². The molecule has 2 rings (SSSR count). The van der Waals surface area contributed by atoms with E-state index in [1.54, 1.807) is 0 Å². The van der Waals surface area contributed by atoms with Gasteiger partial charge in [0.25, 0.3) is 5.91 Å². The maximum Gasteiger partial charge on any atom is 0.340 e. The largest absolute Gasteiger partial charge is 0.449 e. The number of pyridine rings is 1. The van der Waals surface area contributed by atoms with Gasteiger partial charge in [-0.1, -0.05) is 43.6 Å². The minimum Gasteiger partial charge on any atom is -0.449 e. The smallest absolute Gasteiger partial charge is 0.340 e. The van der Waals surface area contributed by atoms with E-state index in [0.717, 1.165) is 17.7 Å². The first-order chi connectivity index (χ1) is 11.9. The van der Waals surface area contributed by atoms with Crippen molar-refractivity contribution in [3.8, 4) is 0 Å². The molecule has 0 saturated carbocycles. The van der Waals surface area contributed by atoms with Gasteiger partial charge >= 0.3 is 5.97 Å². The highest BCUT2D eigenvalue weighted by Gasteiger charge is 2.20.